The molecule has 0 spiro atoms. The van der Waals surface area contributed by atoms with Gasteiger partial charge in [-0.1, -0.05) is 23.5 Å². The van der Waals surface area contributed by atoms with Crippen LogP contribution in [0.5, 0.6) is 0 Å². The van der Waals surface area contributed by atoms with E-state index in [2.05, 4.69) is 20.0 Å². The molecular formula is C19H17N5O3S3. The van der Waals surface area contributed by atoms with E-state index < -0.39 is 10.0 Å². The molecule has 154 valence electrons. The van der Waals surface area contributed by atoms with Crippen LogP contribution in [-0.2, 0) is 14.8 Å². The van der Waals surface area contributed by atoms with Gasteiger partial charge in [0.15, 0.2) is 10.3 Å². The second-order valence-corrected chi connectivity index (χ2v) is 9.92. The van der Waals surface area contributed by atoms with E-state index >= 15 is 0 Å². The Balaban J connectivity index is 1.38. The molecule has 0 aliphatic heterocycles. The number of fused-ring (bicyclic) bond motifs is 1. The predicted molar refractivity (Wildman–Crippen MR) is 121 cm³/mol. The van der Waals surface area contributed by atoms with Gasteiger partial charge >= 0.3 is 0 Å². The zero-order valence-electron chi connectivity index (χ0n) is 15.8. The van der Waals surface area contributed by atoms with Crippen molar-refractivity contribution in [1.82, 2.24) is 9.97 Å². The van der Waals surface area contributed by atoms with Crippen LogP contribution in [0.25, 0.3) is 10.2 Å². The summed E-state index contributed by atoms with van der Waals surface area (Å²) in [5, 5.41) is 5.50. The number of nitrogens with zero attached hydrogens (tertiary/aromatic N) is 3. The fraction of sp³-hybridized carbons (Fsp3) is 0.105. The quantitative estimate of drug-likeness (QED) is 0.437. The maximum absolute atomic E-state index is 12.4. The lowest BCUT2D eigenvalue weighted by Gasteiger charge is -2.15. The first-order valence-electron chi connectivity index (χ1n) is 8.80. The lowest BCUT2D eigenvalue weighted by atomic mass is 10.3. The number of nitrogens with one attached hydrogen (secondary N) is 2. The molecule has 0 saturated heterocycles. The Morgan fingerprint density at radius 2 is 1.90 bits per heavy atom. The van der Waals surface area contributed by atoms with Gasteiger partial charge in [-0.3, -0.25) is 9.52 Å². The largest absolute Gasteiger partial charge is 0.342 e. The molecule has 4 rings (SSSR count). The highest BCUT2D eigenvalue weighted by Gasteiger charge is 2.16. The van der Waals surface area contributed by atoms with Gasteiger partial charge in [0.2, 0.25) is 5.91 Å². The van der Waals surface area contributed by atoms with Crippen LogP contribution in [0.3, 0.4) is 0 Å². The molecule has 0 aliphatic carbocycles. The zero-order chi connectivity index (χ0) is 21.1. The summed E-state index contributed by atoms with van der Waals surface area (Å²) < 4.78 is 28.2. The van der Waals surface area contributed by atoms with E-state index in [-0.39, 0.29) is 17.3 Å². The van der Waals surface area contributed by atoms with Crippen LogP contribution >= 0.6 is 22.7 Å². The Morgan fingerprint density at radius 3 is 2.60 bits per heavy atom. The van der Waals surface area contributed by atoms with E-state index in [1.54, 1.807) is 29.5 Å². The minimum atomic E-state index is -3.73. The van der Waals surface area contributed by atoms with Gasteiger partial charge in [0.1, 0.15) is 0 Å². The van der Waals surface area contributed by atoms with E-state index in [1.807, 2.05) is 24.3 Å². The van der Waals surface area contributed by atoms with E-state index in [9.17, 15) is 13.2 Å². The van der Waals surface area contributed by atoms with Crippen molar-refractivity contribution in [3.05, 3.63) is 60.1 Å². The average Bonchev–Trinajstić information content (AvgIpc) is 3.37. The Bertz CT molecular complexity index is 1240. The standard InChI is InChI=1S/C19H17N5O3S3/c1-24(19-22-15-4-2-3-5-16(15)29-19)12-17(25)21-13-6-8-14(9-7-13)30(26,27)23-18-20-10-11-28-18/h2-11H,12H2,1H3,(H,20,23)(H,21,25). The SMILES string of the molecule is CN(CC(=O)Nc1ccc(S(=O)(=O)Nc2nccs2)cc1)c1nc2ccccc2s1. The smallest absolute Gasteiger partial charge is 0.263 e. The number of thiazole rings is 2. The van der Waals surface area contributed by atoms with Gasteiger partial charge in [0.25, 0.3) is 10.0 Å². The first kappa shape index (κ1) is 20.3. The molecule has 0 unspecified atom stereocenters. The van der Waals surface area contributed by atoms with Crippen molar-refractivity contribution < 1.29 is 13.2 Å². The lowest BCUT2D eigenvalue weighted by Crippen LogP contribution is -2.29. The number of carbonyl (C=O) groups is 1. The molecule has 2 N–H and O–H groups in total. The number of hydrogen-bond donors (Lipinski definition) is 2. The van der Waals surface area contributed by atoms with Gasteiger partial charge in [-0.15, -0.1) is 11.3 Å². The van der Waals surface area contributed by atoms with Crippen molar-refractivity contribution in [2.75, 3.05) is 28.5 Å². The topological polar surface area (TPSA) is 104 Å². The molecule has 1 amide bonds. The van der Waals surface area contributed by atoms with Crippen molar-refractivity contribution in [3.8, 4) is 0 Å². The molecule has 0 bridgehead atoms. The van der Waals surface area contributed by atoms with Crippen LogP contribution in [0.1, 0.15) is 0 Å². The predicted octanol–water partition coefficient (Wildman–Crippen LogP) is 3.63. The summed E-state index contributed by atoms with van der Waals surface area (Å²) in [7, 11) is -1.92. The normalized spacial score (nSPS) is 11.4. The third kappa shape index (κ3) is 4.58. The third-order valence-corrected chi connectivity index (χ3v) is 7.42. The highest BCUT2D eigenvalue weighted by Crippen LogP contribution is 2.27. The Kier molecular flexibility index (Phi) is 5.66. The fourth-order valence-corrected chi connectivity index (χ4v) is 5.39. The third-order valence-electron chi connectivity index (χ3n) is 4.09. The highest BCUT2D eigenvalue weighted by atomic mass is 32.2. The van der Waals surface area contributed by atoms with Crippen LogP contribution in [0.15, 0.2) is 65.0 Å². The number of aromatic nitrogens is 2. The minimum absolute atomic E-state index is 0.0855. The number of carbonyl (C=O) groups excluding carboxylic acids is 1. The molecule has 2 aromatic heterocycles. The summed E-state index contributed by atoms with van der Waals surface area (Å²) in [5.41, 5.74) is 1.40. The number of amides is 1. The summed E-state index contributed by atoms with van der Waals surface area (Å²) in [6, 6.07) is 13.8. The first-order chi connectivity index (χ1) is 14.4. The Morgan fingerprint density at radius 1 is 1.13 bits per heavy atom. The molecule has 4 aromatic rings. The van der Waals surface area contributed by atoms with E-state index in [0.717, 1.165) is 15.3 Å². The van der Waals surface area contributed by atoms with Crippen molar-refractivity contribution in [2.24, 2.45) is 0 Å². The maximum atomic E-state index is 12.4. The lowest BCUT2D eigenvalue weighted by molar-refractivity contribution is -0.114. The minimum Gasteiger partial charge on any atom is -0.342 e. The van der Waals surface area contributed by atoms with Crippen molar-refractivity contribution in [1.29, 1.82) is 0 Å². The van der Waals surface area contributed by atoms with Crippen LogP contribution in [0.2, 0.25) is 0 Å². The molecule has 11 heteroatoms. The van der Waals surface area contributed by atoms with E-state index in [1.165, 1.54) is 41.0 Å². The Labute approximate surface area is 181 Å². The summed E-state index contributed by atoms with van der Waals surface area (Å²) in [5.74, 6) is -0.228. The second-order valence-electron chi connectivity index (χ2n) is 6.34. The average molecular weight is 460 g/mol. The molecule has 2 aromatic carbocycles. The summed E-state index contributed by atoms with van der Waals surface area (Å²) >= 11 is 2.71. The summed E-state index contributed by atoms with van der Waals surface area (Å²) in [4.78, 5) is 22.7. The van der Waals surface area contributed by atoms with Gasteiger partial charge < -0.3 is 10.2 Å². The van der Waals surface area contributed by atoms with Crippen molar-refractivity contribution in [3.63, 3.8) is 0 Å². The van der Waals surface area contributed by atoms with Gasteiger partial charge in [-0.05, 0) is 36.4 Å². The van der Waals surface area contributed by atoms with Crippen LogP contribution in [-0.4, -0.2) is 37.9 Å². The zero-order valence-corrected chi connectivity index (χ0v) is 18.2. The first-order valence-corrected chi connectivity index (χ1v) is 12.0. The van der Waals surface area contributed by atoms with Gasteiger partial charge in [0.05, 0.1) is 21.7 Å². The van der Waals surface area contributed by atoms with E-state index in [4.69, 9.17) is 0 Å². The number of para-hydroxylation sites is 1. The molecule has 0 fully saturated rings. The van der Waals surface area contributed by atoms with E-state index in [0.29, 0.717) is 10.8 Å². The summed E-state index contributed by atoms with van der Waals surface area (Å²) in [6.45, 7) is 0.117. The Hall–Kier alpha value is -3.02. The number of rotatable bonds is 7. The summed E-state index contributed by atoms with van der Waals surface area (Å²) in [6.07, 6.45) is 1.52. The number of benzene rings is 2. The van der Waals surface area contributed by atoms with Gasteiger partial charge in [-0.25, -0.2) is 18.4 Å². The molecular weight excluding hydrogens is 442 g/mol. The number of sulfonamides is 1. The molecule has 30 heavy (non-hydrogen) atoms. The van der Waals surface area contributed by atoms with Crippen LogP contribution < -0.4 is 14.9 Å². The van der Waals surface area contributed by atoms with Crippen molar-refractivity contribution >= 4 is 64.8 Å². The van der Waals surface area contributed by atoms with Gasteiger partial charge in [-0.2, -0.15) is 0 Å². The number of anilines is 3. The highest BCUT2D eigenvalue weighted by molar-refractivity contribution is 7.93. The van der Waals surface area contributed by atoms with Crippen LogP contribution in [0, 0.1) is 0 Å². The van der Waals surface area contributed by atoms with Crippen molar-refractivity contribution in [2.45, 2.75) is 4.90 Å². The molecule has 0 saturated carbocycles. The molecule has 2 heterocycles. The van der Waals surface area contributed by atoms with Gasteiger partial charge in [0, 0.05) is 24.3 Å². The fourth-order valence-electron chi connectivity index (χ4n) is 2.67. The molecule has 8 nitrogen and oxygen atoms in total. The molecule has 0 radical (unpaired) electrons. The monoisotopic (exact) mass is 459 g/mol. The number of hydrogen-bond acceptors (Lipinski definition) is 8. The second kappa shape index (κ2) is 8.38. The molecule has 0 atom stereocenters. The number of likely N-dealkylation sites (N-methyl/N-ethyl adjacent to an activating group) is 1. The molecule has 0 aliphatic rings. The maximum Gasteiger partial charge on any atom is 0.263 e. The van der Waals surface area contributed by atoms with Crippen LogP contribution in [0.4, 0.5) is 16.0 Å².